The van der Waals surface area contributed by atoms with Crippen LogP contribution in [0.1, 0.15) is 49.3 Å². The lowest BCUT2D eigenvalue weighted by atomic mass is 9.79. The first-order valence-electron chi connectivity index (χ1n) is 7.45. The Morgan fingerprint density at radius 1 is 1.25 bits per heavy atom. The molecule has 1 atom stereocenters. The molecule has 0 bridgehead atoms. The lowest BCUT2D eigenvalue weighted by Crippen LogP contribution is -2.31. The first-order chi connectivity index (χ1) is 9.57. The van der Waals surface area contributed by atoms with Crippen LogP contribution < -0.4 is 10.5 Å². The van der Waals surface area contributed by atoms with E-state index in [1.807, 2.05) is 12.1 Å². The van der Waals surface area contributed by atoms with Crippen molar-refractivity contribution in [3.05, 3.63) is 29.3 Å². The molecule has 1 fully saturated rings. The van der Waals surface area contributed by atoms with Crippen molar-refractivity contribution in [3.63, 3.8) is 0 Å². The average molecular weight is 281 g/mol. The highest BCUT2D eigenvalue weighted by Crippen LogP contribution is 2.43. The Hall–Kier alpha value is -1.16. The number of ether oxygens (including phenoxy) is 1. The third-order valence-electron chi connectivity index (χ3n) is 4.59. The maximum absolute atomic E-state index is 13.3. The van der Waals surface area contributed by atoms with E-state index in [-0.39, 0.29) is 24.8 Å². The first kappa shape index (κ1) is 13.8. The minimum Gasteiger partial charge on any atom is -0.493 e. The van der Waals surface area contributed by atoms with Crippen molar-refractivity contribution < 1.29 is 13.5 Å². The van der Waals surface area contributed by atoms with E-state index in [9.17, 15) is 8.78 Å². The molecular formula is C16H21F2NO. The summed E-state index contributed by atoms with van der Waals surface area (Å²) in [6.45, 7) is 0.722. The second kappa shape index (κ2) is 5.32. The lowest BCUT2D eigenvalue weighted by molar-refractivity contribution is -0.0484. The number of rotatable bonds is 2. The fourth-order valence-electron chi connectivity index (χ4n) is 3.35. The quantitative estimate of drug-likeness (QED) is 0.894. The molecule has 1 aliphatic carbocycles. The third kappa shape index (κ3) is 2.66. The Kier molecular flexibility index (Phi) is 3.67. The highest BCUT2D eigenvalue weighted by molar-refractivity contribution is 5.44. The summed E-state index contributed by atoms with van der Waals surface area (Å²) in [5.41, 5.74) is 8.55. The van der Waals surface area contributed by atoms with Gasteiger partial charge < -0.3 is 10.5 Å². The van der Waals surface area contributed by atoms with Crippen LogP contribution in [0.15, 0.2) is 18.2 Å². The largest absolute Gasteiger partial charge is 0.493 e. The number of aryl methyl sites for hydroxylation is 1. The first-order valence-corrected chi connectivity index (χ1v) is 7.45. The summed E-state index contributed by atoms with van der Waals surface area (Å²) in [6, 6.07) is 5.86. The number of hydrogen-bond donors (Lipinski definition) is 1. The zero-order chi connectivity index (χ0) is 14.2. The van der Waals surface area contributed by atoms with Gasteiger partial charge in [-0.15, -0.1) is 0 Å². The van der Waals surface area contributed by atoms with Gasteiger partial charge in [-0.2, -0.15) is 0 Å². The van der Waals surface area contributed by atoms with Gasteiger partial charge in [0.2, 0.25) is 5.92 Å². The van der Waals surface area contributed by atoms with Crippen LogP contribution in [-0.2, 0) is 6.42 Å². The maximum atomic E-state index is 13.3. The van der Waals surface area contributed by atoms with E-state index >= 15 is 0 Å². The Morgan fingerprint density at radius 2 is 2.00 bits per heavy atom. The Balaban J connectivity index is 1.79. The number of fused-ring (bicyclic) bond motifs is 1. The van der Waals surface area contributed by atoms with E-state index in [2.05, 4.69) is 6.07 Å². The van der Waals surface area contributed by atoms with Gasteiger partial charge in [-0.3, -0.25) is 0 Å². The minimum absolute atomic E-state index is 0.0404. The minimum atomic E-state index is -2.50. The number of alkyl halides is 2. The van der Waals surface area contributed by atoms with Crippen LogP contribution in [0, 0.1) is 5.92 Å². The molecule has 2 aliphatic rings. The van der Waals surface area contributed by atoms with Crippen molar-refractivity contribution >= 4 is 0 Å². The molecule has 0 amide bonds. The van der Waals surface area contributed by atoms with Crippen LogP contribution in [0.3, 0.4) is 0 Å². The molecule has 1 aromatic carbocycles. The molecule has 0 spiro atoms. The van der Waals surface area contributed by atoms with Crippen molar-refractivity contribution in [3.8, 4) is 5.75 Å². The average Bonchev–Trinajstić information content (AvgIpc) is 2.46. The fraction of sp³-hybridized carbons (Fsp3) is 0.625. The second-order valence-electron chi connectivity index (χ2n) is 6.01. The molecule has 1 aromatic rings. The Morgan fingerprint density at radius 3 is 2.75 bits per heavy atom. The summed E-state index contributed by atoms with van der Waals surface area (Å²) in [7, 11) is 0. The second-order valence-corrected chi connectivity index (χ2v) is 6.01. The predicted octanol–water partition coefficient (Wildman–Crippen LogP) is 3.84. The van der Waals surface area contributed by atoms with Crippen molar-refractivity contribution in [2.24, 2.45) is 11.7 Å². The fourth-order valence-corrected chi connectivity index (χ4v) is 3.35. The molecule has 4 heteroatoms. The van der Waals surface area contributed by atoms with Crippen LogP contribution >= 0.6 is 0 Å². The van der Waals surface area contributed by atoms with Crippen molar-refractivity contribution in [1.29, 1.82) is 0 Å². The third-order valence-corrected chi connectivity index (χ3v) is 4.59. The molecule has 1 heterocycles. The Labute approximate surface area is 118 Å². The highest BCUT2D eigenvalue weighted by atomic mass is 19.3. The van der Waals surface area contributed by atoms with Gasteiger partial charge in [0.05, 0.1) is 6.61 Å². The van der Waals surface area contributed by atoms with E-state index in [0.717, 1.165) is 30.8 Å². The standard InChI is InChI=1S/C16H21F2NO/c17-16(18)8-6-11(7-9-16)14(19)13-5-1-3-12-4-2-10-20-15(12)13/h1,3,5,11,14H,2,4,6-10,19H2. The summed E-state index contributed by atoms with van der Waals surface area (Å²) < 4.78 is 32.3. The molecule has 20 heavy (non-hydrogen) atoms. The van der Waals surface area contributed by atoms with Gasteiger partial charge in [-0.25, -0.2) is 8.78 Å². The number of hydrogen-bond acceptors (Lipinski definition) is 2. The molecule has 3 rings (SSSR count). The van der Waals surface area contributed by atoms with Crippen molar-refractivity contribution in [1.82, 2.24) is 0 Å². The summed E-state index contributed by atoms with van der Waals surface area (Å²) >= 11 is 0. The van der Waals surface area contributed by atoms with E-state index in [0.29, 0.717) is 12.8 Å². The molecule has 2 N–H and O–H groups in total. The molecule has 1 unspecified atom stereocenters. The SMILES string of the molecule is NC(c1cccc2c1OCCC2)C1CCC(F)(F)CC1. The molecular weight excluding hydrogens is 260 g/mol. The zero-order valence-electron chi connectivity index (χ0n) is 11.6. The van der Waals surface area contributed by atoms with Crippen LogP contribution in [0.5, 0.6) is 5.75 Å². The van der Waals surface area contributed by atoms with E-state index in [1.54, 1.807) is 0 Å². The van der Waals surface area contributed by atoms with E-state index in [1.165, 1.54) is 5.56 Å². The van der Waals surface area contributed by atoms with E-state index in [4.69, 9.17) is 10.5 Å². The van der Waals surface area contributed by atoms with Gasteiger partial charge in [0.1, 0.15) is 5.75 Å². The van der Waals surface area contributed by atoms with Gasteiger partial charge in [-0.1, -0.05) is 18.2 Å². The van der Waals surface area contributed by atoms with Gasteiger partial charge in [0.25, 0.3) is 0 Å². The monoisotopic (exact) mass is 281 g/mol. The topological polar surface area (TPSA) is 35.2 Å². The summed E-state index contributed by atoms with van der Waals surface area (Å²) in [6.07, 6.45) is 2.96. The lowest BCUT2D eigenvalue weighted by Gasteiger charge is -2.33. The number of para-hydroxylation sites is 1. The Bertz CT molecular complexity index is 479. The van der Waals surface area contributed by atoms with Crippen LogP contribution in [0.25, 0.3) is 0 Å². The summed E-state index contributed by atoms with van der Waals surface area (Å²) in [5, 5.41) is 0. The normalized spacial score (nSPS) is 23.8. The number of halogens is 2. The maximum Gasteiger partial charge on any atom is 0.248 e. The van der Waals surface area contributed by atoms with Crippen molar-refractivity contribution in [2.45, 2.75) is 50.5 Å². The van der Waals surface area contributed by atoms with Gasteiger partial charge in [0, 0.05) is 24.4 Å². The van der Waals surface area contributed by atoms with Crippen molar-refractivity contribution in [2.75, 3.05) is 6.61 Å². The van der Waals surface area contributed by atoms with Crippen LogP contribution in [0.4, 0.5) is 8.78 Å². The molecule has 0 saturated heterocycles. The number of benzene rings is 1. The number of nitrogens with two attached hydrogens (primary N) is 1. The molecule has 1 aliphatic heterocycles. The van der Waals surface area contributed by atoms with E-state index < -0.39 is 5.92 Å². The summed E-state index contributed by atoms with van der Waals surface area (Å²) in [4.78, 5) is 0. The van der Waals surface area contributed by atoms with Crippen LogP contribution in [0.2, 0.25) is 0 Å². The highest BCUT2D eigenvalue weighted by Gasteiger charge is 2.37. The molecule has 2 nitrogen and oxygen atoms in total. The van der Waals surface area contributed by atoms with Crippen LogP contribution in [-0.4, -0.2) is 12.5 Å². The predicted molar refractivity (Wildman–Crippen MR) is 74.1 cm³/mol. The molecule has 110 valence electrons. The molecule has 0 aromatic heterocycles. The smallest absolute Gasteiger partial charge is 0.248 e. The molecule has 1 saturated carbocycles. The summed E-state index contributed by atoms with van der Waals surface area (Å²) in [5.74, 6) is -1.46. The zero-order valence-corrected chi connectivity index (χ0v) is 11.6. The van der Waals surface area contributed by atoms with Gasteiger partial charge >= 0.3 is 0 Å². The van der Waals surface area contributed by atoms with Gasteiger partial charge in [0.15, 0.2) is 0 Å². The van der Waals surface area contributed by atoms with Gasteiger partial charge in [-0.05, 0) is 37.2 Å². The molecule has 0 radical (unpaired) electrons.